The SMILES string of the molecule is CC.COc1ccc(NC(=O)N(c2ccccc2C(C)C)C2CCN(C(N)=O)CC2)c(OC(F)F)n1. The number of piperidine rings is 1. The second-order valence-electron chi connectivity index (χ2n) is 8.15. The summed E-state index contributed by atoms with van der Waals surface area (Å²) in [4.78, 5) is 32.2. The first-order valence-corrected chi connectivity index (χ1v) is 11.9. The van der Waals surface area contributed by atoms with Gasteiger partial charge in [-0.05, 0) is 36.5 Å². The highest BCUT2D eigenvalue weighted by Crippen LogP contribution is 2.33. The third-order valence-corrected chi connectivity index (χ3v) is 5.66. The topological polar surface area (TPSA) is 110 Å². The van der Waals surface area contributed by atoms with E-state index in [0.29, 0.717) is 31.6 Å². The maximum Gasteiger partial charge on any atom is 0.388 e. The van der Waals surface area contributed by atoms with Crippen molar-refractivity contribution >= 4 is 23.4 Å². The number of methoxy groups -OCH3 is 1. The molecule has 1 aliphatic heterocycles. The first-order chi connectivity index (χ1) is 17.2. The smallest absolute Gasteiger partial charge is 0.388 e. The number of alkyl halides is 2. The first kappa shape index (κ1) is 28.6. The fourth-order valence-corrected chi connectivity index (χ4v) is 3.99. The summed E-state index contributed by atoms with van der Waals surface area (Å²) in [6.07, 6.45) is 1.01. The van der Waals surface area contributed by atoms with Crippen molar-refractivity contribution in [2.24, 2.45) is 5.73 Å². The van der Waals surface area contributed by atoms with E-state index in [4.69, 9.17) is 10.5 Å². The Morgan fingerprint density at radius 1 is 1.14 bits per heavy atom. The second-order valence-corrected chi connectivity index (χ2v) is 8.15. The van der Waals surface area contributed by atoms with Gasteiger partial charge in [-0.3, -0.25) is 4.90 Å². The molecule has 0 bridgehead atoms. The van der Waals surface area contributed by atoms with Gasteiger partial charge in [0.05, 0.1) is 7.11 Å². The van der Waals surface area contributed by atoms with Crippen LogP contribution in [0, 0.1) is 0 Å². The molecule has 11 heteroatoms. The van der Waals surface area contributed by atoms with E-state index in [1.165, 1.54) is 24.1 Å². The van der Waals surface area contributed by atoms with Gasteiger partial charge in [0, 0.05) is 30.9 Å². The standard InChI is InChI=1S/C23H29F2N5O4.C2H6/c1-14(2)16-6-4-5-7-18(16)30(15-10-12-29(13-11-15)22(26)31)23(32)27-17-8-9-19(33-3)28-20(17)34-21(24)25;1-2/h4-9,14-15,21H,10-13H2,1-3H3,(H2,26,31)(H,27,32);1-2H3. The van der Waals surface area contributed by atoms with Gasteiger partial charge >= 0.3 is 18.7 Å². The molecule has 36 heavy (non-hydrogen) atoms. The molecule has 9 nitrogen and oxygen atoms in total. The van der Waals surface area contributed by atoms with Crippen LogP contribution in [0.25, 0.3) is 0 Å². The minimum atomic E-state index is -3.13. The average molecular weight is 508 g/mol. The lowest BCUT2D eigenvalue weighted by Gasteiger charge is -2.39. The van der Waals surface area contributed by atoms with E-state index in [-0.39, 0.29) is 23.5 Å². The number of pyridine rings is 1. The zero-order valence-electron chi connectivity index (χ0n) is 21.3. The Bertz CT molecular complexity index is 1010. The Morgan fingerprint density at radius 3 is 2.33 bits per heavy atom. The number of ether oxygens (including phenoxy) is 2. The zero-order chi connectivity index (χ0) is 26.8. The highest BCUT2D eigenvalue weighted by Gasteiger charge is 2.32. The van der Waals surface area contributed by atoms with Gasteiger partial charge in [0.1, 0.15) is 5.69 Å². The van der Waals surface area contributed by atoms with Crippen LogP contribution >= 0.6 is 0 Å². The summed E-state index contributed by atoms with van der Waals surface area (Å²) in [6.45, 7) is 5.71. The fraction of sp³-hybridized carbons (Fsp3) is 0.480. The number of nitrogens with zero attached hydrogens (tertiary/aromatic N) is 3. The Hall–Kier alpha value is -3.63. The van der Waals surface area contributed by atoms with Crippen molar-refractivity contribution in [1.82, 2.24) is 9.88 Å². The minimum absolute atomic E-state index is 0.0206. The number of likely N-dealkylation sites (tertiary alicyclic amines) is 1. The molecule has 1 fully saturated rings. The molecular formula is C25H35F2N5O4. The highest BCUT2D eigenvalue weighted by atomic mass is 19.3. The van der Waals surface area contributed by atoms with Crippen LogP contribution in [-0.4, -0.2) is 54.8 Å². The number of hydrogen-bond donors (Lipinski definition) is 2. The maximum absolute atomic E-state index is 13.6. The highest BCUT2D eigenvalue weighted by molar-refractivity contribution is 6.03. The summed E-state index contributed by atoms with van der Waals surface area (Å²) >= 11 is 0. The number of anilines is 2. The molecule has 2 aromatic rings. The molecule has 0 saturated carbocycles. The molecule has 0 unspecified atom stereocenters. The number of para-hydroxylation sites is 1. The van der Waals surface area contributed by atoms with Crippen LogP contribution in [0.15, 0.2) is 36.4 Å². The van der Waals surface area contributed by atoms with Crippen molar-refractivity contribution in [3.63, 3.8) is 0 Å². The van der Waals surface area contributed by atoms with E-state index in [9.17, 15) is 18.4 Å². The summed E-state index contributed by atoms with van der Waals surface area (Å²) in [5.74, 6) is -0.268. The Labute approximate surface area is 210 Å². The average Bonchev–Trinajstić information content (AvgIpc) is 2.86. The Morgan fingerprint density at radius 2 is 1.78 bits per heavy atom. The van der Waals surface area contributed by atoms with Crippen LogP contribution in [0.1, 0.15) is 52.0 Å². The van der Waals surface area contributed by atoms with Crippen molar-refractivity contribution in [2.75, 3.05) is 30.4 Å². The van der Waals surface area contributed by atoms with Gasteiger partial charge in [0.25, 0.3) is 0 Å². The van der Waals surface area contributed by atoms with Gasteiger partial charge in [-0.15, -0.1) is 0 Å². The molecule has 1 aliphatic rings. The molecule has 3 rings (SSSR count). The zero-order valence-corrected chi connectivity index (χ0v) is 21.3. The van der Waals surface area contributed by atoms with E-state index in [1.54, 1.807) is 4.90 Å². The molecule has 1 aromatic carbocycles. The lowest BCUT2D eigenvalue weighted by Crippen LogP contribution is -2.51. The van der Waals surface area contributed by atoms with Gasteiger partial charge in [-0.25, -0.2) is 9.59 Å². The van der Waals surface area contributed by atoms with E-state index < -0.39 is 24.6 Å². The van der Waals surface area contributed by atoms with E-state index in [1.807, 2.05) is 52.0 Å². The van der Waals surface area contributed by atoms with E-state index in [0.717, 1.165) is 5.56 Å². The van der Waals surface area contributed by atoms with Crippen molar-refractivity contribution in [3.05, 3.63) is 42.0 Å². The normalized spacial score (nSPS) is 13.6. The fourth-order valence-electron chi connectivity index (χ4n) is 3.99. The predicted molar refractivity (Wildman–Crippen MR) is 135 cm³/mol. The third-order valence-electron chi connectivity index (χ3n) is 5.66. The Kier molecular flexibility index (Phi) is 10.7. The van der Waals surface area contributed by atoms with Gasteiger partial charge in [-0.1, -0.05) is 45.9 Å². The van der Waals surface area contributed by atoms with Crippen LogP contribution in [-0.2, 0) is 0 Å². The van der Waals surface area contributed by atoms with Crippen LogP contribution in [0.3, 0.4) is 0 Å². The molecule has 1 aromatic heterocycles. The van der Waals surface area contributed by atoms with E-state index in [2.05, 4.69) is 15.0 Å². The summed E-state index contributed by atoms with van der Waals surface area (Å²) in [5, 5.41) is 2.67. The summed E-state index contributed by atoms with van der Waals surface area (Å²) in [6, 6.07) is 9.06. The number of carbonyl (C=O) groups excluding carboxylic acids is 2. The summed E-state index contributed by atoms with van der Waals surface area (Å²) in [7, 11) is 1.34. The van der Waals surface area contributed by atoms with Gasteiger partial charge in [0.2, 0.25) is 11.8 Å². The van der Waals surface area contributed by atoms with Crippen LogP contribution in [0.5, 0.6) is 11.8 Å². The van der Waals surface area contributed by atoms with Gasteiger partial charge < -0.3 is 25.4 Å². The summed E-state index contributed by atoms with van der Waals surface area (Å²) < 4.78 is 35.4. The van der Waals surface area contributed by atoms with E-state index >= 15 is 0 Å². The number of rotatable bonds is 7. The maximum atomic E-state index is 13.6. The second kappa shape index (κ2) is 13.5. The molecule has 0 spiro atoms. The lowest BCUT2D eigenvalue weighted by molar-refractivity contribution is -0.0525. The number of urea groups is 2. The molecule has 4 amide bonds. The molecule has 0 aliphatic carbocycles. The van der Waals surface area contributed by atoms with Crippen molar-refractivity contribution < 1.29 is 27.8 Å². The molecule has 0 atom stereocenters. The van der Waals surface area contributed by atoms with Crippen LogP contribution in [0.4, 0.5) is 29.7 Å². The Balaban J connectivity index is 0.00000222. The van der Waals surface area contributed by atoms with Crippen molar-refractivity contribution in [3.8, 4) is 11.8 Å². The number of primary amides is 1. The number of benzene rings is 1. The third kappa shape index (κ3) is 7.19. The number of nitrogens with one attached hydrogen (secondary N) is 1. The van der Waals surface area contributed by atoms with Crippen LogP contribution in [0.2, 0.25) is 0 Å². The molecule has 2 heterocycles. The van der Waals surface area contributed by atoms with Crippen LogP contribution < -0.4 is 25.4 Å². The van der Waals surface area contributed by atoms with Crippen molar-refractivity contribution in [2.45, 2.75) is 59.1 Å². The minimum Gasteiger partial charge on any atom is -0.481 e. The number of amides is 4. The number of aromatic nitrogens is 1. The predicted octanol–water partition coefficient (Wildman–Crippen LogP) is 5.42. The van der Waals surface area contributed by atoms with Gasteiger partial charge in [0.15, 0.2) is 0 Å². The number of nitrogens with two attached hydrogens (primary N) is 1. The summed E-state index contributed by atoms with van der Waals surface area (Å²) in [5.41, 5.74) is 7.04. The molecule has 3 N–H and O–H groups in total. The number of hydrogen-bond acceptors (Lipinski definition) is 5. The quantitative estimate of drug-likeness (QED) is 0.520. The number of halogens is 2. The monoisotopic (exact) mass is 507 g/mol. The molecular weight excluding hydrogens is 472 g/mol. The van der Waals surface area contributed by atoms with Gasteiger partial charge in [-0.2, -0.15) is 13.8 Å². The molecule has 0 radical (unpaired) electrons. The largest absolute Gasteiger partial charge is 0.481 e. The molecule has 1 saturated heterocycles. The number of carbonyl (C=O) groups is 2. The van der Waals surface area contributed by atoms with Crippen molar-refractivity contribution in [1.29, 1.82) is 0 Å². The first-order valence-electron chi connectivity index (χ1n) is 11.9. The lowest BCUT2D eigenvalue weighted by atomic mass is 9.97. The molecule has 198 valence electrons.